The molecule has 5 heteroatoms. The van der Waals surface area contributed by atoms with Crippen molar-refractivity contribution < 1.29 is 5.11 Å². The van der Waals surface area contributed by atoms with Gasteiger partial charge in [0.2, 0.25) is 0 Å². The third kappa shape index (κ3) is 4.30. The summed E-state index contributed by atoms with van der Waals surface area (Å²) < 4.78 is 2.07. The van der Waals surface area contributed by atoms with Crippen LogP contribution >= 0.6 is 0 Å². The predicted octanol–water partition coefficient (Wildman–Crippen LogP) is 1.35. The molecule has 1 aliphatic rings. The van der Waals surface area contributed by atoms with Gasteiger partial charge in [0.25, 0.3) is 0 Å². The molecule has 1 unspecified atom stereocenters. The highest BCUT2D eigenvalue weighted by molar-refractivity contribution is 4.99. The van der Waals surface area contributed by atoms with Crippen molar-refractivity contribution in [1.82, 2.24) is 19.6 Å². The molecule has 1 aromatic rings. The van der Waals surface area contributed by atoms with Gasteiger partial charge in [0.15, 0.2) is 0 Å². The van der Waals surface area contributed by atoms with Gasteiger partial charge < -0.3 is 5.11 Å². The summed E-state index contributed by atoms with van der Waals surface area (Å²) in [5.41, 5.74) is 1.17. The van der Waals surface area contributed by atoms with Crippen LogP contribution in [0.4, 0.5) is 0 Å². The van der Waals surface area contributed by atoms with E-state index in [1.807, 2.05) is 0 Å². The Bertz CT molecular complexity index is 393. The molecule has 0 spiro atoms. The van der Waals surface area contributed by atoms with Gasteiger partial charge in [-0.2, -0.15) is 5.10 Å². The number of hydrogen-bond acceptors (Lipinski definition) is 4. The molecular weight excluding hydrogens is 252 g/mol. The fourth-order valence-corrected chi connectivity index (χ4v) is 2.67. The SMILES string of the molecule is CCC(C)n1ccc(CN2CCCN(CCO)CC2)n1. The molecule has 5 nitrogen and oxygen atoms in total. The summed E-state index contributed by atoms with van der Waals surface area (Å²) in [6.07, 6.45) is 4.38. The van der Waals surface area contributed by atoms with Gasteiger partial charge in [-0.3, -0.25) is 14.5 Å². The third-order valence-corrected chi connectivity index (χ3v) is 4.19. The molecule has 0 bridgehead atoms. The van der Waals surface area contributed by atoms with Crippen molar-refractivity contribution >= 4 is 0 Å². The maximum Gasteiger partial charge on any atom is 0.0764 e. The number of aliphatic hydroxyl groups excluding tert-OH is 1. The Morgan fingerprint density at radius 2 is 2.00 bits per heavy atom. The molecular formula is C15H28N4O. The number of hydrogen-bond donors (Lipinski definition) is 1. The molecule has 2 rings (SSSR count). The molecule has 2 heterocycles. The molecule has 114 valence electrons. The van der Waals surface area contributed by atoms with E-state index in [4.69, 9.17) is 5.11 Å². The second kappa shape index (κ2) is 7.76. The van der Waals surface area contributed by atoms with E-state index in [0.29, 0.717) is 6.04 Å². The zero-order valence-corrected chi connectivity index (χ0v) is 12.8. The summed E-state index contributed by atoms with van der Waals surface area (Å²) in [7, 11) is 0. The second-order valence-corrected chi connectivity index (χ2v) is 5.74. The Balaban J connectivity index is 1.85. The fraction of sp³-hybridized carbons (Fsp3) is 0.800. The van der Waals surface area contributed by atoms with Gasteiger partial charge in [0.05, 0.1) is 12.3 Å². The Morgan fingerprint density at radius 1 is 1.25 bits per heavy atom. The van der Waals surface area contributed by atoms with Crippen LogP contribution in [0.5, 0.6) is 0 Å². The van der Waals surface area contributed by atoms with Crippen LogP contribution in [-0.2, 0) is 6.54 Å². The molecule has 1 atom stereocenters. The van der Waals surface area contributed by atoms with E-state index in [1.54, 1.807) is 0 Å². The summed E-state index contributed by atoms with van der Waals surface area (Å²) >= 11 is 0. The van der Waals surface area contributed by atoms with Crippen LogP contribution < -0.4 is 0 Å². The van der Waals surface area contributed by atoms with Crippen LogP contribution in [0, 0.1) is 0 Å². The zero-order chi connectivity index (χ0) is 14.4. The molecule has 0 aromatic carbocycles. The Kier molecular flexibility index (Phi) is 6.01. The minimum atomic E-state index is 0.263. The van der Waals surface area contributed by atoms with Gasteiger partial charge >= 0.3 is 0 Å². The monoisotopic (exact) mass is 280 g/mol. The largest absolute Gasteiger partial charge is 0.395 e. The first kappa shape index (κ1) is 15.5. The lowest BCUT2D eigenvalue weighted by atomic mass is 10.3. The van der Waals surface area contributed by atoms with Gasteiger partial charge in [0.1, 0.15) is 0 Å². The van der Waals surface area contributed by atoms with E-state index in [1.165, 1.54) is 12.1 Å². The molecule has 1 aliphatic heterocycles. The summed E-state index contributed by atoms with van der Waals surface area (Å²) in [4.78, 5) is 4.82. The quantitative estimate of drug-likeness (QED) is 0.854. The summed E-state index contributed by atoms with van der Waals surface area (Å²) in [5.74, 6) is 0. The third-order valence-electron chi connectivity index (χ3n) is 4.19. The predicted molar refractivity (Wildman–Crippen MR) is 80.6 cm³/mol. The topological polar surface area (TPSA) is 44.5 Å². The lowest BCUT2D eigenvalue weighted by Crippen LogP contribution is -2.32. The number of β-amino-alcohol motifs (C(OH)–C–C–N with tert-alkyl or cyclic N) is 1. The van der Waals surface area contributed by atoms with Crippen molar-refractivity contribution in [1.29, 1.82) is 0 Å². The lowest BCUT2D eigenvalue weighted by Gasteiger charge is -2.20. The van der Waals surface area contributed by atoms with Gasteiger partial charge in [-0.1, -0.05) is 6.92 Å². The summed E-state index contributed by atoms with van der Waals surface area (Å²) in [6.45, 7) is 10.7. The standard InChI is InChI=1S/C15H28N4O/c1-3-14(2)19-8-5-15(16-19)13-18-7-4-6-17(9-10-18)11-12-20/h5,8,14,20H,3-4,6-7,9-13H2,1-2H3. The fourth-order valence-electron chi connectivity index (χ4n) is 2.67. The summed E-state index contributed by atoms with van der Waals surface area (Å²) in [6, 6.07) is 2.62. The van der Waals surface area contributed by atoms with Crippen molar-refractivity contribution in [3.8, 4) is 0 Å². The number of nitrogens with zero attached hydrogens (tertiary/aromatic N) is 4. The van der Waals surface area contributed by atoms with Gasteiger partial charge in [-0.15, -0.1) is 0 Å². The highest BCUT2D eigenvalue weighted by atomic mass is 16.3. The van der Waals surface area contributed by atoms with Crippen LogP contribution in [0.2, 0.25) is 0 Å². The van der Waals surface area contributed by atoms with E-state index in [-0.39, 0.29) is 6.61 Å². The number of rotatable bonds is 6. The molecule has 0 radical (unpaired) electrons. The van der Waals surface area contributed by atoms with Crippen molar-refractivity contribution in [2.75, 3.05) is 39.3 Å². The highest BCUT2D eigenvalue weighted by Gasteiger charge is 2.15. The van der Waals surface area contributed by atoms with E-state index >= 15 is 0 Å². The lowest BCUT2D eigenvalue weighted by molar-refractivity contribution is 0.195. The van der Waals surface area contributed by atoms with E-state index < -0.39 is 0 Å². The average Bonchev–Trinajstić information content (AvgIpc) is 2.80. The van der Waals surface area contributed by atoms with E-state index in [2.05, 4.69) is 45.7 Å². The minimum Gasteiger partial charge on any atom is -0.395 e. The highest BCUT2D eigenvalue weighted by Crippen LogP contribution is 2.12. The molecule has 1 aromatic heterocycles. The van der Waals surface area contributed by atoms with E-state index in [0.717, 1.165) is 45.7 Å². The van der Waals surface area contributed by atoms with Gasteiger partial charge in [0, 0.05) is 38.4 Å². The molecule has 1 fully saturated rings. The molecule has 0 amide bonds. The Labute approximate surface area is 122 Å². The van der Waals surface area contributed by atoms with Crippen LogP contribution in [0.25, 0.3) is 0 Å². The molecule has 20 heavy (non-hydrogen) atoms. The average molecular weight is 280 g/mol. The van der Waals surface area contributed by atoms with Gasteiger partial charge in [-0.05, 0) is 38.9 Å². The molecule has 0 aliphatic carbocycles. The normalized spacial score (nSPS) is 19.9. The van der Waals surface area contributed by atoms with Gasteiger partial charge in [-0.25, -0.2) is 0 Å². The van der Waals surface area contributed by atoms with Crippen LogP contribution in [0.3, 0.4) is 0 Å². The molecule has 0 saturated carbocycles. The first-order valence-corrected chi connectivity index (χ1v) is 7.82. The van der Waals surface area contributed by atoms with Crippen molar-refractivity contribution in [3.05, 3.63) is 18.0 Å². The number of aromatic nitrogens is 2. The maximum absolute atomic E-state index is 9.02. The first-order chi connectivity index (χ1) is 9.72. The van der Waals surface area contributed by atoms with Crippen molar-refractivity contribution in [2.45, 2.75) is 39.3 Å². The van der Waals surface area contributed by atoms with Crippen LogP contribution in [-0.4, -0.2) is 64.0 Å². The van der Waals surface area contributed by atoms with Crippen LogP contribution in [0.1, 0.15) is 38.4 Å². The Hall–Kier alpha value is -0.910. The minimum absolute atomic E-state index is 0.263. The van der Waals surface area contributed by atoms with E-state index in [9.17, 15) is 0 Å². The zero-order valence-electron chi connectivity index (χ0n) is 12.8. The maximum atomic E-state index is 9.02. The first-order valence-electron chi connectivity index (χ1n) is 7.82. The second-order valence-electron chi connectivity index (χ2n) is 5.74. The molecule has 1 N–H and O–H groups in total. The number of aliphatic hydroxyl groups is 1. The van der Waals surface area contributed by atoms with Crippen molar-refractivity contribution in [3.63, 3.8) is 0 Å². The molecule has 1 saturated heterocycles. The van der Waals surface area contributed by atoms with Crippen molar-refractivity contribution in [2.24, 2.45) is 0 Å². The smallest absolute Gasteiger partial charge is 0.0764 e. The van der Waals surface area contributed by atoms with Crippen LogP contribution in [0.15, 0.2) is 12.3 Å². The summed E-state index contributed by atoms with van der Waals surface area (Å²) in [5, 5.41) is 13.7. The Morgan fingerprint density at radius 3 is 2.75 bits per heavy atom.